The van der Waals surface area contributed by atoms with Gasteiger partial charge in [0.25, 0.3) is 0 Å². The van der Waals surface area contributed by atoms with E-state index in [-0.39, 0.29) is 11.4 Å². The maximum absolute atomic E-state index is 12.7. The zero-order chi connectivity index (χ0) is 18.6. The summed E-state index contributed by atoms with van der Waals surface area (Å²) < 4.78 is 44.2. The van der Waals surface area contributed by atoms with E-state index in [2.05, 4.69) is 4.98 Å². The first-order chi connectivity index (χ1) is 11.7. The first-order valence-corrected chi connectivity index (χ1v) is 8.07. The summed E-state index contributed by atoms with van der Waals surface area (Å²) in [7, 11) is 2.86. The fourth-order valence-corrected chi connectivity index (χ4v) is 2.52. The second-order valence-electron chi connectivity index (χ2n) is 5.92. The fourth-order valence-electron chi connectivity index (χ4n) is 2.52. The van der Waals surface area contributed by atoms with Gasteiger partial charge in [-0.3, -0.25) is 4.79 Å². The lowest BCUT2D eigenvalue weighted by molar-refractivity contribution is -0.146. The second kappa shape index (κ2) is 7.86. The quantitative estimate of drug-likeness (QED) is 0.781. The number of carbonyl (C=O) groups excluding carboxylic acids is 1. The van der Waals surface area contributed by atoms with Crippen LogP contribution < -0.4 is 4.90 Å². The number of rotatable bonds is 1. The lowest BCUT2D eigenvalue weighted by Crippen LogP contribution is -2.22. The summed E-state index contributed by atoms with van der Waals surface area (Å²) in [6.07, 6.45) is -0.569. The SMILES string of the molecule is C1CCOCC1.CC(=O)N(C)c1ccc2c(c1)nc(C(F)(F)F)n2C. The highest BCUT2D eigenvalue weighted by molar-refractivity contribution is 5.93. The van der Waals surface area contributed by atoms with E-state index in [0.29, 0.717) is 11.2 Å². The van der Waals surface area contributed by atoms with Crippen molar-refractivity contribution in [2.24, 2.45) is 7.05 Å². The Morgan fingerprint density at radius 3 is 2.32 bits per heavy atom. The summed E-state index contributed by atoms with van der Waals surface area (Å²) in [5.41, 5.74) is 1.08. The molecule has 0 bridgehead atoms. The van der Waals surface area contributed by atoms with Gasteiger partial charge in [-0.25, -0.2) is 4.98 Å². The van der Waals surface area contributed by atoms with Crippen LogP contribution in [-0.4, -0.2) is 35.7 Å². The van der Waals surface area contributed by atoms with Gasteiger partial charge in [0.15, 0.2) is 0 Å². The number of benzene rings is 1. The van der Waals surface area contributed by atoms with Crippen molar-refractivity contribution >= 4 is 22.6 Å². The smallest absolute Gasteiger partial charge is 0.381 e. The number of ether oxygens (including phenoxy) is 1. The number of carbonyl (C=O) groups is 1. The molecule has 0 N–H and O–H groups in total. The predicted molar refractivity (Wildman–Crippen MR) is 89.5 cm³/mol. The van der Waals surface area contributed by atoms with Crippen molar-refractivity contribution in [1.29, 1.82) is 0 Å². The second-order valence-corrected chi connectivity index (χ2v) is 5.92. The number of imidazole rings is 1. The third kappa shape index (κ3) is 4.72. The molecule has 1 fully saturated rings. The first kappa shape index (κ1) is 19.2. The monoisotopic (exact) mass is 357 g/mol. The zero-order valence-electron chi connectivity index (χ0n) is 14.6. The Labute approximate surface area is 144 Å². The molecule has 1 aromatic carbocycles. The van der Waals surface area contributed by atoms with Gasteiger partial charge in [0.05, 0.1) is 11.0 Å². The number of amides is 1. The Morgan fingerprint density at radius 2 is 1.88 bits per heavy atom. The van der Waals surface area contributed by atoms with E-state index in [1.54, 1.807) is 13.1 Å². The Balaban J connectivity index is 0.000000316. The van der Waals surface area contributed by atoms with Gasteiger partial charge in [-0.2, -0.15) is 13.2 Å². The van der Waals surface area contributed by atoms with Crippen LogP contribution in [0.25, 0.3) is 11.0 Å². The van der Waals surface area contributed by atoms with E-state index < -0.39 is 12.0 Å². The molecule has 1 saturated heterocycles. The van der Waals surface area contributed by atoms with Crippen molar-refractivity contribution in [3.05, 3.63) is 24.0 Å². The van der Waals surface area contributed by atoms with Gasteiger partial charge >= 0.3 is 6.18 Å². The first-order valence-electron chi connectivity index (χ1n) is 8.07. The molecular formula is C17H22F3N3O2. The maximum Gasteiger partial charge on any atom is 0.449 e. The molecule has 8 heteroatoms. The molecule has 1 aliphatic heterocycles. The summed E-state index contributed by atoms with van der Waals surface area (Å²) in [4.78, 5) is 16.2. The summed E-state index contributed by atoms with van der Waals surface area (Å²) in [5, 5.41) is 0. The van der Waals surface area contributed by atoms with E-state index in [4.69, 9.17) is 4.74 Å². The van der Waals surface area contributed by atoms with Crippen molar-refractivity contribution in [1.82, 2.24) is 9.55 Å². The van der Waals surface area contributed by atoms with Gasteiger partial charge in [0.2, 0.25) is 11.7 Å². The topological polar surface area (TPSA) is 47.4 Å². The van der Waals surface area contributed by atoms with E-state index in [9.17, 15) is 18.0 Å². The molecule has 2 heterocycles. The van der Waals surface area contributed by atoms with Crippen LogP contribution in [0, 0.1) is 0 Å². The molecule has 25 heavy (non-hydrogen) atoms. The van der Waals surface area contributed by atoms with Gasteiger partial charge in [0.1, 0.15) is 0 Å². The molecule has 3 rings (SSSR count). The molecule has 138 valence electrons. The van der Waals surface area contributed by atoms with E-state index in [1.807, 2.05) is 0 Å². The third-order valence-electron chi connectivity index (χ3n) is 4.05. The number of halogens is 3. The molecule has 2 aromatic rings. The molecule has 5 nitrogen and oxygen atoms in total. The minimum atomic E-state index is -4.50. The minimum Gasteiger partial charge on any atom is -0.381 e. The average molecular weight is 357 g/mol. The van der Waals surface area contributed by atoms with Gasteiger partial charge in [-0.15, -0.1) is 0 Å². The van der Waals surface area contributed by atoms with E-state index in [1.165, 1.54) is 50.3 Å². The predicted octanol–water partition coefficient (Wildman–Crippen LogP) is 3.76. The average Bonchev–Trinajstić information content (AvgIpc) is 2.93. The number of fused-ring (bicyclic) bond motifs is 1. The molecule has 1 aromatic heterocycles. The highest BCUT2D eigenvalue weighted by Crippen LogP contribution is 2.31. The summed E-state index contributed by atoms with van der Waals surface area (Å²) in [5.74, 6) is -1.16. The number of anilines is 1. The Hall–Kier alpha value is -2.09. The highest BCUT2D eigenvalue weighted by atomic mass is 19.4. The summed E-state index contributed by atoms with van der Waals surface area (Å²) in [6.45, 7) is 3.38. The van der Waals surface area contributed by atoms with Crippen LogP contribution in [-0.2, 0) is 22.8 Å². The van der Waals surface area contributed by atoms with Gasteiger partial charge in [-0.05, 0) is 37.5 Å². The summed E-state index contributed by atoms with van der Waals surface area (Å²) in [6, 6.07) is 4.57. The van der Waals surface area contributed by atoms with Crippen LogP contribution in [0.2, 0.25) is 0 Å². The Bertz CT molecular complexity index is 725. The highest BCUT2D eigenvalue weighted by Gasteiger charge is 2.36. The van der Waals surface area contributed by atoms with Crippen LogP contribution in [0.1, 0.15) is 32.0 Å². The molecule has 1 aliphatic rings. The van der Waals surface area contributed by atoms with Crippen molar-refractivity contribution in [2.45, 2.75) is 32.4 Å². The third-order valence-corrected chi connectivity index (χ3v) is 4.05. The van der Waals surface area contributed by atoms with Crippen molar-refractivity contribution < 1.29 is 22.7 Å². The van der Waals surface area contributed by atoms with Crippen LogP contribution in [0.4, 0.5) is 18.9 Å². The van der Waals surface area contributed by atoms with Crippen LogP contribution in [0.3, 0.4) is 0 Å². The molecular weight excluding hydrogens is 335 g/mol. The molecule has 0 unspecified atom stereocenters. The van der Waals surface area contributed by atoms with Crippen LogP contribution >= 0.6 is 0 Å². The van der Waals surface area contributed by atoms with Crippen molar-refractivity contribution in [3.63, 3.8) is 0 Å². The van der Waals surface area contributed by atoms with Crippen LogP contribution in [0.5, 0.6) is 0 Å². The number of aromatic nitrogens is 2. The van der Waals surface area contributed by atoms with Crippen molar-refractivity contribution in [2.75, 3.05) is 25.2 Å². The molecule has 0 aliphatic carbocycles. The normalized spacial score (nSPS) is 14.8. The number of aryl methyl sites for hydroxylation is 1. The standard InChI is InChI=1S/C12H12F3N3O.C5H10O/c1-7(19)17(2)8-4-5-10-9(6-8)16-11(18(10)3)12(13,14)15;1-2-4-6-5-3-1/h4-6H,1-3H3;1-5H2. The van der Waals surface area contributed by atoms with Gasteiger partial charge in [-0.1, -0.05) is 0 Å². The van der Waals surface area contributed by atoms with E-state index in [0.717, 1.165) is 17.8 Å². The minimum absolute atomic E-state index is 0.202. The molecule has 1 amide bonds. The Kier molecular flexibility index (Phi) is 6.05. The lowest BCUT2D eigenvalue weighted by Gasteiger charge is -2.14. The lowest BCUT2D eigenvalue weighted by atomic mass is 10.2. The number of hydrogen-bond donors (Lipinski definition) is 0. The maximum atomic E-state index is 12.7. The Morgan fingerprint density at radius 1 is 1.24 bits per heavy atom. The van der Waals surface area contributed by atoms with Crippen molar-refractivity contribution in [3.8, 4) is 0 Å². The largest absolute Gasteiger partial charge is 0.449 e. The molecule has 0 radical (unpaired) electrons. The van der Waals surface area contributed by atoms with Crippen LogP contribution in [0.15, 0.2) is 18.2 Å². The van der Waals surface area contributed by atoms with Gasteiger partial charge in [0, 0.05) is 39.9 Å². The summed E-state index contributed by atoms with van der Waals surface area (Å²) >= 11 is 0. The number of hydrogen-bond acceptors (Lipinski definition) is 3. The molecule has 0 saturated carbocycles. The molecule has 0 atom stereocenters. The number of nitrogens with zero attached hydrogens (tertiary/aromatic N) is 3. The molecule has 0 spiro atoms. The number of alkyl halides is 3. The van der Waals surface area contributed by atoms with Gasteiger partial charge < -0.3 is 14.2 Å². The van der Waals surface area contributed by atoms with E-state index >= 15 is 0 Å². The zero-order valence-corrected chi connectivity index (χ0v) is 14.6. The fraction of sp³-hybridized carbons (Fsp3) is 0.529.